The number of rotatable bonds is 4. The maximum absolute atomic E-state index is 13.3. The van der Waals surface area contributed by atoms with Crippen molar-refractivity contribution in [3.05, 3.63) is 70.4 Å². The van der Waals surface area contributed by atoms with Crippen LogP contribution in [-0.2, 0) is 9.59 Å². The van der Waals surface area contributed by atoms with Gasteiger partial charge in [0.2, 0.25) is 0 Å². The SMILES string of the molecule is COc1ccc(/C(O)=C2\C(=O)C(=O)N(C3CCCCC3)C2c2c[nH]c3ccccc23)cc1Cl. The van der Waals surface area contributed by atoms with Crippen LogP contribution in [0.5, 0.6) is 5.75 Å². The van der Waals surface area contributed by atoms with Gasteiger partial charge in [-0.1, -0.05) is 49.1 Å². The highest BCUT2D eigenvalue weighted by Crippen LogP contribution is 2.45. The summed E-state index contributed by atoms with van der Waals surface area (Å²) in [7, 11) is 1.51. The normalized spacial score (nSPS) is 21.2. The smallest absolute Gasteiger partial charge is 0.295 e. The number of carbonyl (C=O) groups is 2. The molecule has 2 aliphatic rings. The summed E-state index contributed by atoms with van der Waals surface area (Å²) in [6.07, 6.45) is 6.69. The second-order valence-corrected chi connectivity index (χ2v) is 9.04. The molecule has 1 amide bonds. The molecule has 3 aromatic rings. The topological polar surface area (TPSA) is 82.6 Å². The van der Waals surface area contributed by atoms with E-state index in [9.17, 15) is 14.7 Å². The largest absolute Gasteiger partial charge is 0.507 e. The molecule has 5 rings (SSSR count). The summed E-state index contributed by atoms with van der Waals surface area (Å²) in [6, 6.07) is 11.9. The minimum atomic E-state index is -0.676. The predicted octanol–water partition coefficient (Wildman–Crippen LogP) is 5.58. The summed E-state index contributed by atoms with van der Waals surface area (Å²) in [5.41, 5.74) is 2.18. The summed E-state index contributed by atoms with van der Waals surface area (Å²) in [5, 5.41) is 12.6. The zero-order valence-corrected chi connectivity index (χ0v) is 19.1. The van der Waals surface area contributed by atoms with Gasteiger partial charge < -0.3 is 19.7 Å². The van der Waals surface area contributed by atoms with Crippen LogP contribution in [0.25, 0.3) is 16.7 Å². The number of ketones is 1. The van der Waals surface area contributed by atoms with E-state index >= 15 is 0 Å². The summed E-state index contributed by atoms with van der Waals surface area (Å²) < 4.78 is 5.20. The Bertz CT molecular complexity index is 1270. The molecule has 2 aromatic carbocycles. The fraction of sp³-hybridized carbons (Fsp3) is 0.308. The Morgan fingerprint density at radius 1 is 1.12 bits per heavy atom. The summed E-state index contributed by atoms with van der Waals surface area (Å²) in [5.74, 6) is -0.991. The highest BCUT2D eigenvalue weighted by Gasteiger charge is 2.49. The van der Waals surface area contributed by atoms with Gasteiger partial charge in [0, 0.05) is 34.3 Å². The third-order valence-corrected chi connectivity index (χ3v) is 7.08. The molecule has 170 valence electrons. The number of para-hydroxylation sites is 1. The number of amides is 1. The molecule has 1 saturated heterocycles. The Labute approximate surface area is 196 Å². The van der Waals surface area contributed by atoms with Crippen LogP contribution in [0.2, 0.25) is 5.02 Å². The van der Waals surface area contributed by atoms with E-state index in [0.29, 0.717) is 16.3 Å². The zero-order valence-electron chi connectivity index (χ0n) is 18.3. The van der Waals surface area contributed by atoms with Crippen molar-refractivity contribution in [3.8, 4) is 5.75 Å². The number of methoxy groups -OCH3 is 1. The van der Waals surface area contributed by atoms with Crippen molar-refractivity contribution in [2.24, 2.45) is 0 Å². The third kappa shape index (κ3) is 3.59. The molecular formula is C26H25ClN2O4. The molecule has 1 aliphatic heterocycles. The van der Waals surface area contributed by atoms with E-state index in [1.54, 1.807) is 23.1 Å². The molecule has 0 spiro atoms. The van der Waals surface area contributed by atoms with E-state index in [1.165, 1.54) is 7.11 Å². The average molecular weight is 465 g/mol. The van der Waals surface area contributed by atoms with E-state index in [0.717, 1.165) is 48.6 Å². The van der Waals surface area contributed by atoms with Crippen LogP contribution < -0.4 is 4.74 Å². The van der Waals surface area contributed by atoms with E-state index in [2.05, 4.69) is 4.98 Å². The highest BCUT2D eigenvalue weighted by atomic mass is 35.5. The Morgan fingerprint density at radius 2 is 1.88 bits per heavy atom. The Morgan fingerprint density at radius 3 is 2.61 bits per heavy atom. The number of fused-ring (bicyclic) bond motifs is 1. The monoisotopic (exact) mass is 464 g/mol. The van der Waals surface area contributed by atoms with E-state index in [1.807, 2.05) is 30.5 Å². The Kier molecular flexibility index (Phi) is 5.62. The lowest BCUT2D eigenvalue weighted by Crippen LogP contribution is -2.40. The van der Waals surface area contributed by atoms with Gasteiger partial charge in [0.25, 0.3) is 11.7 Å². The van der Waals surface area contributed by atoms with Crippen molar-refractivity contribution in [1.82, 2.24) is 9.88 Å². The van der Waals surface area contributed by atoms with Crippen molar-refractivity contribution in [2.45, 2.75) is 44.2 Å². The average Bonchev–Trinajstić information content (AvgIpc) is 3.37. The third-order valence-electron chi connectivity index (χ3n) is 6.79. The lowest BCUT2D eigenvalue weighted by molar-refractivity contribution is -0.141. The fourth-order valence-electron chi connectivity index (χ4n) is 5.18. The molecule has 1 aromatic heterocycles. The number of aromatic amines is 1. The molecule has 1 saturated carbocycles. The van der Waals surface area contributed by atoms with Crippen LogP contribution >= 0.6 is 11.6 Å². The lowest BCUT2D eigenvalue weighted by atomic mass is 9.91. The van der Waals surface area contributed by atoms with Crippen LogP contribution in [-0.4, -0.2) is 39.8 Å². The molecule has 0 radical (unpaired) electrons. The van der Waals surface area contributed by atoms with Gasteiger partial charge in [-0.05, 0) is 37.1 Å². The standard InChI is InChI=1S/C26H25ClN2O4/c1-33-21-12-11-15(13-19(21)27)24(30)22-23(18-14-28-20-10-6-5-9-17(18)20)29(26(32)25(22)31)16-7-3-2-4-8-16/h5-6,9-14,16,23,28,30H,2-4,7-8H2,1H3/b24-22+. The molecule has 7 heteroatoms. The van der Waals surface area contributed by atoms with Gasteiger partial charge in [-0.25, -0.2) is 0 Å². The van der Waals surface area contributed by atoms with Gasteiger partial charge in [0.1, 0.15) is 11.5 Å². The number of ether oxygens (including phenoxy) is 1. The molecule has 2 heterocycles. The second-order valence-electron chi connectivity index (χ2n) is 8.64. The summed E-state index contributed by atoms with van der Waals surface area (Å²) in [4.78, 5) is 31.6. The summed E-state index contributed by atoms with van der Waals surface area (Å²) >= 11 is 6.28. The number of aliphatic hydroxyl groups is 1. The van der Waals surface area contributed by atoms with Gasteiger partial charge >= 0.3 is 0 Å². The van der Waals surface area contributed by atoms with Crippen LogP contribution in [0.4, 0.5) is 0 Å². The van der Waals surface area contributed by atoms with Gasteiger partial charge in [-0.2, -0.15) is 0 Å². The van der Waals surface area contributed by atoms with Crippen molar-refractivity contribution >= 4 is 40.0 Å². The number of halogens is 1. The molecule has 1 unspecified atom stereocenters. The van der Waals surface area contributed by atoms with E-state index < -0.39 is 17.7 Å². The lowest BCUT2D eigenvalue weighted by Gasteiger charge is -2.35. The molecule has 1 atom stereocenters. The van der Waals surface area contributed by atoms with E-state index in [4.69, 9.17) is 16.3 Å². The van der Waals surface area contributed by atoms with Crippen LogP contribution in [0.3, 0.4) is 0 Å². The number of Topliss-reactive ketones (excluding diaryl/α,β-unsaturated/α-hetero) is 1. The number of benzene rings is 2. The van der Waals surface area contributed by atoms with Crippen LogP contribution in [0.15, 0.2) is 54.2 Å². The number of carbonyl (C=O) groups excluding carboxylic acids is 2. The predicted molar refractivity (Wildman–Crippen MR) is 127 cm³/mol. The maximum Gasteiger partial charge on any atom is 0.295 e. The van der Waals surface area contributed by atoms with Crippen molar-refractivity contribution in [3.63, 3.8) is 0 Å². The first-order valence-electron chi connectivity index (χ1n) is 11.2. The van der Waals surface area contributed by atoms with Crippen LogP contribution in [0, 0.1) is 0 Å². The molecule has 6 nitrogen and oxygen atoms in total. The van der Waals surface area contributed by atoms with Gasteiger partial charge in [-0.3, -0.25) is 9.59 Å². The van der Waals surface area contributed by atoms with E-state index in [-0.39, 0.29) is 17.4 Å². The highest BCUT2D eigenvalue weighted by molar-refractivity contribution is 6.47. The molecule has 0 bridgehead atoms. The van der Waals surface area contributed by atoms with Crippen molar-refractivity contribution in [2.75, 3.05) is 7.11 Å². The zero-order chi connectivity index (χ0) is 23.1. The van der Waals surface area contributed by atoms with Crippen molar-refractivity contribution in [1.29, 1.82) is 0 Å². The van der Waals surface area contributed by atoms with Gasteiger partial charge in [0.05, 0.1) is 23.7 Å². The summed E-state index contributed by atoms with van der Waals surface area (Å²) in [6.45, 7) is 0. The number of hydrogen-bond donors (Lipinski definition) is 2. The second kappa shape index (κ2) is 8.60. The Balaban J connectivity index is 1.71. The molecule has 2 fully saturated rings. The van der Waals surface area contributed by atoms with Gasteiger partial charge in [-0.15, -0.1) is 0 Å². The molecular weight excluding hydrogens is 440 g/mol. The Hall–Kier alpha value is -3.25. The quantitative estimate of drug-likeness (QED) is 0.300. The number of aliphatic hydroxyl groups excluding tert-OH is 1. The molecule has 33 heavy (non-hydrogen) atoms. The first kappa shape index (κ1) is 21.6. The van der Waals surface area contributed by atoms with Gasteiger partial charge in [0.15, 0.2) is 0 Å². The van der Waals surface area contributed by atoms with Crippen molar-refractivity contribution < 1.29 is 19.4 Å². The fourth-order valence-corrected chi connectivity index (χ4v) is 5.44. The maximum atomic E-state index is 13.3. The number of nitrogens with zero attached hydrogens (tertiary/aromatic N) is 1. The number of hydrogen-bond acceptors (Lipinski definition) is 4. The number of likely N-dealkylation sites (tertiary alicyclic amines) is 1. The minimum absolute atomic E-state index is 0.0429. The molecule has 1 aliphatic carbocycles. The first-order chi connectivity index (χ1) is 16.0. The minimum Gasteiger partial charge on any atom is -0.507 e. The van der Waals surface area contributed by atoms with Crippen LogP contribution in [0.1, 0.15) is 49.3 Å². The first-order valence-corrected chi connectivity index (χ1v) is 11.6. The number of nitrogens with one attached hydrogen (secondary N) is 1. The number of H-pyrrole nitrogens is 1. The number of aromatic nitrogens is 1. The molecule has 2 N–H and O–H groups in total.